The van der Waals surface area contributed by atoms with Crippen LogP contribution in [0.4, 0.5) is 15.0 Å². The Morgan fingerprint density at radius 2 is 1.75 bits per heavy atom. The first-order valence-electron chi connectivity index (χ1n) is 15.2. The van der Waals surface area contributed by atoms with Gasteiger partial charge in [0.25, 0.3) is 0 Å². The molecular weight excluding hydrogens is 581 g/mol. The van der Waals surface area contributed by atoms with Gasteiger partial charge in [-0.15, -0.1) is 0 Å². The zero-order valence-corrected chi connectivity index (χ0v) is 25.9. The van der Waals surface area contributed by atoms with Gasteiger partial charge in [0.2, 0.25) is 0 Å². The van der Waals surface area contributed by atoms with Crippen LogP contribution in [0, 0.1) is 5.82 Å². The number of hydrogen-bond acceptors (Lipinski definition) is 9. The van der Waals surface area contributed by atoms with Crippen molar-refractivity contribution in [2.24, 2.45) is 0 Å². The summed E-state index contributed by atoms with van der Waals surface area (Å²) in [5.41, 5.74) is 0.122. The number of fused-ring (bicyclic) bond motifs is 4. The Balaban J connectivity index is 1.31. The smallest absolute Gasteiger partial charge is 0.410 e. The summed E-state index contributed by atoms with van der Waals surface area (Å²) in [6, 6.07) is 10.7. The van der Waals surface area contributed by atoms with Crippen LogP contribution in [0.1, 0.15) is 46.5 Å². The zero-order chi connectivity index (χ0) is 30.6. The fourth-order valence-corrected chi connectivity index (χ4v) is 7.69. The lowest BCUT2D eigenvalue weighted by atomic mass is 10.00. The molecule has 0 saturated carbocycles. The van der Waals surface area contributed by atoms with Gasteiger partial charge in [-0.3, -0.25) is 9.88 Å². The minimum atomic E-state index is -0.596. The molecule has 2 bridgehead atoms. The Hall–Kier alpha value is -3.86. The van der Waals surface area contributed by atoms with Crippen molar-refractivity contribution in [2.45, 2.75) is 70.2 Å². The molecule has 2 aromatic heterocycles. The summed E-state index contributed by atoms with van der Waals surface area (Å²) in [6.07, 6.45) is 4.74. The summed E-state index contributed by atoms with van der Waals surface area (Å²) in [7, 11) is 0. The SMILES string of the molecule is CC(C)(C)OC(=O)N1[C@@H]2CC[C@H]1CN(c1nc(OC3CCSCC3)nc3c(F)c(-c4cc(O)cc5ccccc45)ncc13)C2. The van der Waals surface area contributed by atoms with Crippen molar-refractivity contribution < 1.29 is 23.8 Å². The van der Waals surface area contributed by atoms with Gasteiger partial charge in [0.1, 0.15) is 34.5 Å². The molecule has 44 heavy (non-hydrogen) atoms. The van der Waals surface area contributed by atoms with E-state index in [0.717, 1.165) is 48.0 Å². The van der Waals surface area contributed by atoms with Crippen molar-refractivity contribution in [1.82, 2.24) is 19.9 Å². The summed E-state index contributed by atoms with van der Waals surface area (Å²) < 4.78 is 28.7. The lowest BCUT2D eigenvalue weighted by molar-refractivity contribution is 0.0122. The summed E-state index contributed by atoms with van der Waals surface area (Å²) >= 11 is 1.89. The number of thioether (sulfide) groups is 1. The number of phenolic OH excluding ortho intramolecular Hbond substituents is 1. The Bertz CT molecular complexity index is 1730. The second-order valence-electron chi connectivity index (χ2n) is 12.8. The molecule has 1 N–H and O–H groups in total. The lowest BCUT2D eigenvalue weighted by Crippen LogP contribution is -2.57. The van der Waals surface area contributed by atoms with Gasteiger partial charge >= 0.3 is 12.1 Å². The van der Waals surface area contributed by atoms with Crippen molar-refractivity contribution in [3.8, 4) is 23.0 Å². The molecule has 3 fully saturated rings. The van der Waals surface area contributed by atoms with Gasteiger partial charge < -0.3 is 19.5 Å². The number of nitrogens with zero attached hydrogens (tertiary/aromatic N) is 5. The van der Waals surface area contributed by atoms with Gasteiger partial charge in [0, 0.05) is 24.8 Å². The van der Waals surface area contributed by atoms with E-state index in [1.807, 2.05) is 61.7 Å². The fraction of sp³-hybridized carbons (Fsp3) is 0.455. The fourth-order valence-electron chi connectivity index (χ4n) is 6.63. The topological polar surface area (TPSA) is 101 Å². The van der Waals surface area contributed by atoms with E-state index in [9.17, 15) is 9.90 Å². The molecule has 2 atom stereocenters. The van der Waals surface area contributed by atoms with Gasteiger partial charge in [-0.1, -0.05) is 24.3 Å². The van der Waals surface area contributed by atoms with Crippen molar-refractivity contribution in [2.75, 3.05) is 29.5 Å². The Kier molecular flexibility index (Phi) is 7.39. The largest absolute Gasteiger partial charge is 0.508 e. The average Bonchev–Trinajstić information content (AvgIpc) is 3.26. The molecule has 2 aromatic carbocycles. The van der Waals surface area contributed by atoms with E-state index in [4.69, 9.17) is 14.5 Å². The molecule has 11 heteroatoms. The van der Waals surface area contributed by atoms with Crippen molar-refractivity contribution in [1.29, 1.82) is 0 Å². The zero-order valence-electron chi connectivity index (χ0n) is 25.1. The van der Waals surface area contributed by atoms with Gasteiger partial charge in [-0.2, -0.15) is 21.7 Å². The van der Waals surface area contributed by atoms with Crippen LogP contribution in [0.3, 0.4) is 0 Å². The minimum absolute atomic E-state index is 0.0286. The number of amides is 1. The number of hydrogen-bond donors (Lipinski definition) is 1. The number of carbonyl (C=O) groups is 1. The molecule has 0 radical (unpaired) electrons. The van der Waals surface area contributed by atoms with E-state index < -0.39 is 11.4 Å². The predicted molar refractivity (Wildman–Crippen MR) is 170 cm³/mol. The number of halogens is 1. The number of aromatic hydroxyl groups is 1. The first-order chi connectivity index (χ1) is 21.1. The van der Waals surface area contributed by atoms with Crippen molar-refractivity contribution in [3.63, 3.8) is 0 Å². The molecule has 0 aliphatic carbocycles. The molecule has 230 valence electrons. The van der Waals surface area contributed by atoms with E-state index >= 15 is 4.39 Å². The molecule has 1 amide bonds. The van der Waals surface area contributed by atoms with Crippen LogP contribution in [0.5, 0.6) is 11.8 Å². The first-order valence-corrected chi connectivity index (χ1v) is 16.4. The summed E-state index contributed by atoms with van der Waals surface area (Å²) in [5.74, 6) is 1.97. The molecule has 0 spiro atoms. The van der Waals surface area contributed by atoms with E-state index in [2.05, 4.69) is 14.9 Å². The van der Waals surface area contributed by atoms with Crippen LogP contribution in [0.15, 0.2) is 42.6 Å². The van der Waals surface area contributed by atoms with Crippen LogP contribution in [-0.4, -0.2) is 79.4 Å². The highest BCUT2D eigenvalue weighted by molar-refractivity contribution is 7.99. The minimum Gasteiger partial charge on any atom is -0.508 e. The summed E-state index contributed by atoms with van der Waals surface area (Å²) in [5, 5.41) is 12.5. The van der Waals surface area contributed by atoms with Gasteiger partial charge in [0.15, 0.2) is 5.82 Å². The highest BCUT2D eigenvalue weighted by atomic mass is 32.2. The average molecular weight is 618 g/mol. The van der Waals surface area contributed by atoms with E-state index in [-0.39, 0.29) is 47.3 Å². The van der Waals surface area contributed by atoms with E-state index in [1.165, 1.54) is 6.07 Å². The molecule has 9 nitrogen and oxygen atoms in total. The highest BCUT2D eigenvalue weighted by Crippen LogP contribution is 2.39. The number of phenols is 1. The molecular formula is C33H36FN5O4S. The summed E-state index contributed by atoms with van der Waals surface area (Å²) in [4.78, 5) is 31.1. The third-order valence-electron chi connectivity index (χ3n) is 8.57. The number of pyridine rings is 1. The molecule has 7 rings (SSSR count). The predicted octanol–water partition coefficient (Wildman–Crippen LogP) is 6.55. The maximum Gasteiger partial charge on any atom is 0.410 e. The van der Waals surface area contributed by atoms with Gasteiger partial charge in [0.05, 0.1) is 17.5 Å². The number of anilines is 1. The van der Waals surface area contributed by atoms with Crippen LogP contribution in [0.25, 0.3) is 32.9 Å². The van der Waals surface area contributed by atoms with Crippen LogP contribution in [-0.2, 0) is 4.74 Å². The highest BCUT2D eigenvalue weighted by Gasteiger charge is 2.45. The second kappa shape index (κ2) is 11.3. The third-order valence-corrected chi connectivity index (χ3v) is 9.62. The number of ether oxygens (including phenoxy) is 2. The lowest BCUT2D eigenvalue weighted by Gasteiger charge is -2.42. The van der Waals surface area contributed by atoms with E-state index in [1.54, 1.807) is 12.3 Å². The monoisotopic (exact) mass is 617 g/mol. The van der Waals surface area contributed by atoms with Crippen LogP contribution in [0.2, 0.25) is 0 Å². The maximum absolute atomic E-state index is 16.6. The van der Waals surface area contributed by atoms with E-state index in [0.29, 0.717) is 29.9 Å². The Morgan fingerprint density at radius 3 is 2.48 bits per heavy atom. The molecule has 5 heterocycles. The number of aromatic nitrogens is 3. The molecule has 3 aliphatic rings. The third kappa shape index (κ3) is 5.46. The standard InChI is InChI=1S/C33H36FN5O4S/c1-33(2,3)43-32(41)39-20-8-9-21(39)18-38(17-20)30-26-16-35-28(25-15-22(40)14-19-6-4-5-7-24(19)25)27(34)29(26)36-31(37-30)42-23-10-12-44-13-11-23/h4-7,14-16,20-21,23,40H,8-13,17-18H2,1-3H3/t20-,21+. The Labute approximate surface area is 259 Å². The number of rotatable bonds is 4. The van der Waals surface area contributed by atoms with Crippen molar-refractivity contribution in [3.05, 3.63) is 48.4 Å². The molecule has 4 aromatic rings. The number of benzene rings is 2. The van der Waals surface area contributed by atoms with Crippen LogP contribution < -0.4 is 9.64 Å². The Morgan fingerprint density at radius 1 is 1.02 bits per heavy atom. The van der Waals surface area contributed by atoms with Gasteiger partial charge in [-0.05, 0) is 80.9 Å². The van der Waals surface area contributed by atoms with Crippen molar-refractivity contribution >= 4 is 45.3 Å². The molecule has 3 saturated heterocycles. The number of piperazine rings is 1. The normalized spacial score (nSPS) is 20.8. The second-order valence-corrected chi connectivity index (χ2v) is 14.1. The van der Waals surface area contributed by atoms with Gasteiger partial charge in [-0.25, -0.2) is 9.18 Å². The summed E-state index contributed by atoms with van der Waals surface area (Å²) in [6.45, 7) is 6.68. The molecule has 3 aliphatic heterocycles. The maximum atomic E-state index is 16.6. The number of carbonyl (C=O) groups excluding carboxylic acids is 1. The molecule has 0 unspecified atom stereocenters. The quantitative estimate of drug-likeness (QED) is 0.273. The first kappa shape index (κ1) is 28.9. The van der Waals surface area contributed by atoms with Crippen LogP contribution >= 0.6 is 11.8 Å².